The van der Waals surface area contributed by atoms with Crippen molar-refractivity contribution in [3.63, 3.8) is 0 Å². The molecule has 0 heterocycles. The van der Waals surface area contributed by atoms with Gasteiger partial charge in [0.15, 0.2) is 5.17 Å². The molecule has 0 radical (unpaired) electrons. The van der Waals surface area contributed by atoms with Crippen molar-refractivity contribution in [3.8, 4) is 0 Å². The second-order valence-corrected chi connectivity index (χ2v) is 6.87. The molecule has 0 saturated heterocycles. The van der Waals surface area contributed by atoms with Crippen LogP contribution in [0.25, 0.3) is 0 Å². The van der Waals surface area contributed by atoms with E-state index in [9.17, 15) is 0 Å². The van der Waals surface area contributed by atoms with Gasteiger partial charge in [-0.2, -0.15) is 0 Å². The fourth-order valence-electron chi connectivity index (χ4n) is 2.04. The van der Waals surface area contributed by atoms with Crippen LogP contribution in [0.15, 0.2) is 17.1 Å². The van der Waals surface area contributed by atoms with Crippen molar-refractivity contribution < 1.29 is 0 Å². The summed E-state index contributed by atoms with van der Waals surface area (Å²) in [6.45, 7) is 11.2. The van der Waals surface area contributed by atoms with E-state index in [0.717, 1.165) is 10.9 Å². The monoisotopic (exact) mass is 314 g/mol. The molecule has 0 bridgehead atoms. The number of nitrogens with zero attached hydrogens (tertiary/aromatic N) is 1. The van der Waals surface area contributed by atoms with Crippen molar-refractivity contribution in [2.45, 2.75) is 45.8 Å². The van der Waals surface area contributed by atoms with Crippen molar-refractivity contribution in [2.24, 2.45) is 4.99 Å². The van der Waals surface area contributed by atoms with Crippen LogP contribution in [0.1, 0.15) is 43.0 Å². The number of benzene rings is 1. The second-order valence-electron chi connectivity index (χ2n) is 5.91. The molecule has 0 fully saturated rings. The first-order valence-electron chi connectivity index (χ1n) is 6.67. The molecule has 0 aliphatic rings. The number of halogens is 1. The topological polar surface area (TPSA) is 24.4 Å². The lowest BCUT2D eigenvalue weighted by molar-refractivity contribution is 0.589. The maximum Gasteiger partial charge on any atom is 0.156 e. The first-order chi connectivity index (χ1) is 8.79. The third-order valence-corrected chi connectivity index (χ3v) is 4.43. The molecule has 0 spiro atoms. The summed E-state index contributed by atoms with van der Waals surface area (Å²) in [7, 11) is 3.74. The van der Waals surface area contributed by atoms with E-state index in [-0.39, 0.29) is 17.8 Å². The summed E-state index contributed by atoms with van der Waals surface area (Å²) in [5.74, 6) is 0.968. The molecule has 0 aliphatic carbocycles. The van der Waals surface area contributed by atoms with E-state index in [1.54, 1.807) is 11.8 Å². The predicted molar refractivity (Wildman–Crippen MR) is 95.6 cm³/mol. The Morgan fingerprint density at radius 3 is 2.05 bits per heavy atom. The highest BCUT2D eigenvalue weighted by Gasteiger charge is 2.16. The Kier molecular flexibility index (Phi) is 7.67. The molecule has 4 heteroatoms. The van der Waals surface area contributed by atoms with Gasteiger partial charge in [0.05, 0.1) is 0 Å². The summed E-state index contributed by atoms with van der Waals surface area (Å²) in [6.07, 6.45) is 0. The summed E-state index contributed by atoms with van der Waals surface area (Å²) in [5, 5.41) is 4.09. The van der Waals surface area contributed by atoms with Crippen LogP contribution in [-0.2, 0) is 11.2 Å². The van der Waals surface area contributed by atoms with Crippen molar-refractivity contribution >= 4 is 29.3 Å². The van der Waals surface area contributed by atoms with Gasteiger partial charge in [-0.15, -0.1) is 12.4 Å². The van der Waals surface area contributed by atoms with E-state index in [2.05, 4.69) is 57.1 Å². The average molecular weight is 315 g/mol. The summed E-state index contributed by atoms with van der Waals surface area (Å²) in [5.41, 5.74) is 5.80. The number of aryl methyl sites for hydroxylation is 2. The maximum absolute atomic E-state index is 4.21. The fourth-order valence-corrected chi connectivity index (χ4v) is 3.05. The number of hydrogen-bond donors (Lipinski definition) is 1. The lowest BCUT2D eigenvalue weighted by Gasteiger charge is -2.22. The highest BCUT2D eigenvalue weighted by atomic mass is 35.5. The molecule has 114 valence electrons. The van der Waals surface area contributed by atoms with Gasteiger partial charge in [-0.1, -0.05) is 44.7 Å². The first kappa shape index (κ1) is 19.3. The Balaban J connectivity index is 0.00000361. The van der Waals surface area contributed by atoms with E-state index in [0.29, 0.717) is 0 Å². The number of amidine groups is 1. The molecule has 0 unspecified atom stereocenters. The maximum atomic E-state index is 4.21. The van der Waals surface area contributed by atoms with Gasteiger partial charge < -0.3 is 5.32 Å². The zero-order valence-corrected chi connectivity index (χ0v) is 15.3. The molecule has 1 aromatic rings. The minimum absolute atomic E-state index is 0. The standard InChI is InChI=1S/C16H26N2S.ClH/c1-11-8-13(16(3,4)5)9-12(2)14(11)10-19-15(17-6)18-7;/h8-9H,10H2,1-7H3,(H,17,18);1H. The number of hydrogen-bond acceptors (Lipinski definition) is 2. The van der Waals surface area contributed by atoms with Gasteiger partial charge in [-0.05, 0) is 41.5 Å². The van der Waals surface area contributed by atoms with Crippen LogP contribution in [0.5, 0.6) is 0 Å². The smallest absolute Gasteiger partial charge is 0.156 e. The predicted octanol–water partition coefficient (Wildman–Crippen LogP) is 4.46. The van der Waals surface area contributed by atoms with Crippen molar-refractivity contribution in [1.29, 1.82) is 0 Å². The third-order valence-electron chi connectivity index (χ3n) is 3.33. The summed E-state index contributed by atoms with van der Waals surface area (Å²) < 4.78 is 0. The Morgan fingerprint density at radius 2 is 1.70 bits per heavy atom. The van der Waals surface area contributed by atoms with Gasteiger partial charge in [-0.25, -0.2) is 0 Å². The molecule has 0 aliphatic heterocycles. The van der Waals surface area contributed by atoms with Crippen LogP contribution in [0.2, 0.25) is 0 Å². The Hall–Kier alpha value is -0.670. The lowest BCUT2D eigenvalue weighted by atomic mass is 9.84. The molecule has 1 aromatic carbocycles. The molecule has 1 rings (SSSR count). The SMILES string of the molecule is CN=C(NC)SCc1c(C)cc(C(C)(C)C)cc1C.Cl. The van der Waals surface area contributed by atoms with E-state index < -0.39 is 0 Å². The second kappa shape index (κ2) is 7.94. The molecule has 0 saturated carbocycles. The molecule has 0 aromatic heterocycles. The average Bonchev–Trinajstić information content (AvgIpc) is 2.31. The highest BCUT2D eigenvalue weighted by Crippen LogP contribution is 2.28. The Morgan fingerprint density at radius 1 is 1.20 bits per heavy atom. The minimum Gasteiger partial charge on any atom is -0.368 e. The van der Waals surface area contributed by atoms with Gasteiger partial charge in [-0.3, -0.25) is 4.99 Å². The van der Waals surface area contributed by atoms with Crippen LogP contribution < -0.4 is 5.32 Å². The number of aliphatic imine (C=N–C) groups is 1. The molecule has 1 N–H and O–H groups in total. The third kappa shape index (κ3) is 5.02. The quantitative estimate of drug-likeness (QED) is 0.643. The lowest BCUT2D eigenvalue weighted by Crippen LogP contribution is -2.15. The van der Waals surface area contributed by atoms with Crippen LogP contribution in [0.4, 0.5) is 0 Å². The van der Waals surface area contributed by atoms with E-state index in [4.69, 9.17) is 0 Å². The van der Waals surface area contributed by atoms with Crippen LogP contribution in [-0.4, -0.2) is 19.3 Å². The molecule has 0 amide bonds. The van der Waals surface area contributed by atoms with Crippen molar-refractivity contribution in [1.82, 2.24) is 5.32 Å². The van der Waals surface area contributed by atoms with Crippen LogP contribution >= 0.6 is 24.2 Å². The molecular formula is C16H27ClN2S. The Bertz CT molecular complexity index is 453. The summed E-state index contributed by atoms with van der Waals surface area (Å²) >= 11 is 1.76. The van der Waals surface area contributed by atoms with Crippen molar-refractivity contribution in [2.75, 3.05) is 14.1 Å². The summed E-state index contributed by atoms with van der Waals surface area (Å²) in [4.78, 5) is 4.21. The van der Waals surface area contributed by atoms with Crippen LogP contribution in [0.3, 0.4) is 0 Å². The van der Waals surface area contributed by atoms with Gasteiger partial charge in [0.1, 0.15) is 0 Å². The van der Waals surface area contributed by atoms with Crippen molar-refractivity contribution in [3.05, 3.63) is 34.4 Å². The van der Waals surface area contributed by atoms with Crippen LogP contribution in [0, 0.1) is 13.8 Å². The first-order valence-corrected chi connectivity index (χ1v) is 7.66. The molecule has 2 nitrogen and oxygen atoms in total. The molecular weight excluding hydrogens is 288 g/mol. The fraction of sp³-hybridized carbons (Fsp3) is 0.562. The molecule has 0 atom stereocenters. The van der Waals surface area contributed by atoms with Gasteiger partial charge in [0.25, 0.3) is 0 Å². The number of thioether (sulfide) groups is 1. The normalized spacial score (nSPS) is 12.1. The highest BCUT2D eigenvalue weighted by molar-refractivity contribution is 8.13. The zero-order chi connectivity index (χ0) is 14.6. The van der Waals surface area contributed by atoms with E-state index in [1.165, 1.54) is 22.3 Å². The molecule has 20 heavy (non-hydrogen) atoms. The van der Waals surface area contributed by atoms with Gasteiger partial charge in [0, 0.05) is 19.8 Å². The number of nitrogens with one attached hydrogen (secondary N) is 1. The van der Waals surface area contributed by atoms with E-state index in [1.807, 2.05) is 14.1 Å². The minimum atomic E-state index is 0. The largest absolute Gasteiger partial charge is 0.368 e. The number of rotatable bonds is 2. The van der Waals surface area contributed by atoms with E-state index >= 15 is 0 Å². The van der Waals surface area contributed by atoms with Gasteiger partial charge >= 0.3 is 0 Å². The van der Waals surface area contributed by atoms with Gasteiger partial charge in [0.2, 0.25) is 0 Å². The Labute approximate surface area is 134 Å². The summed E-state index contributed by atoms with van der Waals surface area (Å²) in [6, 6.07) is 4.65. The zero-order valence-electron chi connectivity index (χ0n) is 13.6.